The molecule has 106 valence electrons. The van der Waals surface area contributed by atoms with Crippen LogP contribution in [0.1, 0.15) is 32.1 Å². The normalized spacial score (nSPS) is 28.3. The van der Waals surface area contributed by atoms with Crippen molar-refractivity contribution in [2.45, 2.75) is 44.2 Å². The van der Waals surface area contributed by atoms with Crippen LogP contribution in [0.25, 0.3) is 0 Å². The number of nitrogens with zero attached hydrogens (tertiary/aromatic N) is 1. The van der Waals surface area contributed by atoms with Gasteiger partial charge in [-0.1, -0.05) is 0 Å². The molecule has 0 aromatic carbocycles. The molecule has 2 saturated heterocycles. The highest BCUT2D eigenvalue weighted by Crippen LogP contribution is 2.16. The van der Waals surface area contributed by atoms with Crippen molar-refractivity contribution in [2.24, 2.45) is 0 Å². The molecule has 1 N–H and O–H groups in total. The maximum absolute atomic E-state index is 5.70. The zero-order chi connectivity index (χ0) is 12.6. The number of hydrogen-bond donors (Lipinski definition) is 1. The maximum Gasteiger partial charge on any atom is 0.0589 e. The van der Waals surface area contributed by atoms with Crippen molar-refractivity contribution < 1.29 is 9.47 Å². The topological polar surface area (TPSA) is 33.7 Å². The molecule has 18 heavy (non-hydrogen) atoms. The summed E-state index contributed by atoms with van der Waals surface area (Å²) in [6.45, 7) is 6.34. The average molecular weight is 256 g/mol. The molecule has 2 unspecified atom stereocenters. The Labute approximate surface area is 111 Å². The molecule has 0 bridgehead atoms. The van der Waals surface area contributed by atoms with Gasteiger partial charge >= 0.3 is 0 Å². The van der Waals surface area contributed by atoms with E-state index in [-0.39, 0.29) is 0 Å². The summed E-state index contributed by atoms with van der Waals surface area (Å²) in [5, 5.41) is 3.58. The van der Waals surface area contributed by atoms with E-state index < -0.39 is 0 Å². The van der Waals surface area contributed by atoms with E-state index in [2.05, 4.69) is 10.2 Å². The Morgan fingerprint density at radius 3 is 2.89 bits per heavy atom. The van der Waals surface area contributed by atoms with E-state index in [1.165, 1.54) is 38.6 Å². The Morgan fingerprint density at radius 1 is 1.28 bits per heavy atom. The Hall–Kier alpha value is -0.160. The first kappa shape index (κ1) is 14.3. The Morgan fingerprint density at radius 2 is 2.22 bits per heavy atom. The van der Waals surface area contributed by atoms with Gasteiger partial charge in [0.25, 0.3) is 0 Å². The number of hydrogen-bond acceptors (Lipinski definition) is 4. The lowest BCUT2D eigenvalue weighted by molar-refractivity contribution is 0.0831. The molecule has 2 aliphatic heterocycles. The fraction of sp³-hybridized carbons (Fsp3) is 1.00. The number of methoxy groups -OCH3 is 1. The van der Waals surface area contributed by atoms with Crippen molar-refractivity contribution in [3.05, 3.63) is 0 Å². The summed E-state index contributed by atoms with van der Waals surface area (Å²) >= 11 is 0. The highest BCUT2D eigenvalue weighted by molar-refractivity contribution is 4.78. The van der Waals surface area contributed by atoms with Crippen molar-refractivity contribution in [1.29, 1.82) is 0 Å². The van der Waals surface area contributed by atoms with Crippen LogP contribution >= 0.6 is 0 Å². The first-order valence-electron chi connectivity index (χ1n) is 7.45. The van der Waals surface area contributed by atoms with Crippen LogP contribution in [0.5, 0.6) is 0 Å². The monoisotopic (exact) mass is 256 g/mol. The van der Waals surface area contributed by atoms with Gasteiger partial charge in [-0.15, -0.1) is 0 Å². The zero-order valence-corrected chi connectivity index (χ0v) is 11.7. The maximum atomic E-state index is 5.70. The predicted molar refractivity (Wildman–Crippen MR) is 72.9 cm³/mol. The smallest absolute Gasteiger partial charge is 0.0589 e. The lowest BCUT2D eigenvalue weighted by Crippen LogP contribution is -2.40. The minimum absolute atomic E-state index is 0.506. The molecule has 4 nitrogen and oxygen atoms in total. The molecule has 0 aromatic rings. The van der Waals surface area contributed by atoms with Crippen molar-refractivity contribution in [2.75, 3.05) is 46.5 Å². The van der Waals surface area contributed by atoms with Crippen LogP contribution in [-0.2, 0) is 9.47 Å². The third-order valence-corrected chi connectivity index (χ3v) is 4.04. The van der Waals surface area contributed by atoms with Crippen molar-refractivity contribution in [1.82, 2.24) is 10.2 Å². The summed E-state index contributed by atoms with van der Waals surface area (Å²) < 4.78 is 10.9. The van der Waals surface area contributed by atoms with Crippen LogP contribution in [0.2, 0.25) is 0 Å². The third-order valence-electron chi connectivity index (χ3n) is 4.04. The molecule has 2 rings (SSSR count). The summed E-state index contributed by atoms with van der Waals surface area (Å²) in [5.41, 5.74) is 0. The van der Waals surface area contributed by atoms with Gasteiger partial charge in [-0.05, 0) is 38.6 Å². The highest BCUT2D eigenvalue weighted by Gasteiger charge is 2.20. The van der Waals surface area contributed by atoms with E-state index >= 15 is 0 Å². The van der Waals surface area contributed by atoms with Gasteiger partial charge in [0.2, 0.25) is 0 Å². The van der Waals surface area contributed by atoms with Gasteiger partial charge < -0.3 is 14.8 Å². The van der Waals surface area contributed by atoms with E-state index in [1.807, 2.05) is 0 Å². The Kier molecular flexibility index (Phi) is 6.41. The molecule has 0 aromatic heterocycles. The molecule has 0 aliphatic carbocycles. The minimum Gasteiger partial charge on any atom is -0.383 e. The molecule has 0 saturated carbocycles. The lowest BCUT2D eigenvalue weighted by Gasteiger charge is -2.26. The van der Waals surface area contributed by atoms with Crippen LogP contribution in [0.4, 0.5) is 0 Å². The molecule has 2 fully saturated rings. The molecule has 4 heteroatoms. The van der Waals surface area contributed by atoms with Crippen molar-refractivity contribution in [3.8, 4) is 0 Å². The predicted octanol–water partition coefficient (Wildman–Crippen LogP) is 1.26. The van der Waals surface area contributed by atoms with Gasteiger partial charge in [0, 0.05) is 39.4 Å². The second-order valence-corrected chi connectivity index (χ2v) is 5.51. The summed E-state index contributed by atoms with van der Waals surface area (Å²) in [6, 6.07) is 0.686. The first-order valence-corrected chi connectivity index (χ1v) is 7.45. The minimum atomic E-state index is 0.506. The lowest BCUT2D eigenvalue weighted by atomic mass is 10.1. The number of ether oxygens (including phenoxy) is 2. The van der Waals surface area contributed by atoms with Crippen molar-refractivity contribution in [3.63, 3.8) is 0 Å². The van der Waals surface area contributed by atoms with Crippen LogP contribution in [0.3, 0.4) is 0 Å². The molecule has 2 atom stereocenters. The molecular formula is C14H28N2O2. The molecule has 2 aliphatic rings. The third kappa shape index (κ3) is 4.84. The van der Waals surface area contributed by atoms with E-state index in [0.717, 1.165) is 32.8 Å². The van der Waals surface area contributed by atoms with Crippen LogP contribution < -0.4 is 5.32 Å². The van der Waals surface area contributed by atoms with Crippen LogP contribution in [0.15, 0.2) is 0 Å². The van der Waals surface area contributed by atoms with E-state index in [4.69, 9.17) is 9.47 Å². The summed E-state index contributed by atoms with van der Waals surface area (Å²) in [5.74, 6) is 0. The van der Waals surface area contributed by atoms with Gasteiger partial charge in [-0.2, -0.15) is 0 Å². The highest BCUT2D eigenvalue weighted by atomic mass is 16.5. The van der Waals surface area contributed by atoms with Crippen molar-refractivity contribution >= 4 is 0 Å². The fourth-order valence-corrected chi connectivity index (χ4v) is 2.94. The summed E-state index contributed by atoms with van der Waals surface area (Å²) in [4.78, 5) is 2.54. The van der Waals surface area contributed by atoms with E-state index in [1.54, 1.807) is 7.11 Å². The quantitative estimate of drug-likeness (QED) is 0.709. The first-order chi connectivity index (χ1) is 8.88. The standard InChI is InChI=1S/C14H28N2O2/c1-17-11-9-16(12-13-4-2-7-15-13)8-6-14-5-3-10-18-14/h13-15H,2-12H2,1H3. The number of nitrogens with one attached hydrogen (secondary N) is 1. The fourth-order valence-electron chi connectivity index (χ4n) is 2.94. The summed E-state index contributed by atoms with van der Waals surface area (Å²) in [6.07, 6.45) is 6.83. The van der Waals surface area contributed by atoms with Gasteiger partial charge in [0.1, 0.15) is 0 Å². The Bertz CT molecular complexity index is 214. The average Bonchev–Trinajstić information content (AvgIpc) is 3.05. The largest absolute Gasteiger partial charge is 0.383 e. The van der Waals surface area contributed by atoms with Gasteiger partial charge in [-0.25, -0.2) is 0 Å². The number of rotatable bonds is 8. The SMILES string of the molecule is COCCN(CCC1CCCO1)CC1CCCN1. The van der Waals surface area contributed by atoms with Gasteiger partial charge in [-0.3, -0.25) is 4.90 Å². The van der Waals surface area contributed by atoms with Crippen LogP contribution in [-0.4, -0.2) is 63.5 Å². The zero-order valence-electron chi connectivity index (χ0n) is 11.7. The van der Waals surface area contributed by atoms with E-state index in [0.29, 0.717) is 12.1 Å². The second kappa shape index (κ2) is 8.10. The van der Waals surface area contributed by atoms with Crippen LogP contribution in [0, 0.1) is 0 Å². The summed E-state index contributed by atoms with van der Waals surface area (Å²) in [7, 11) is 1.78. The molecule has 0 radical (unpaired) electrons. The Balaban J connectivity index is 1.68. The molecule has 0 amide bonds. The molecule has 0 spiro atoms. The second-order valence-electron chi connectivity index (χ2n) is 5.51. The van der Waals surface area contributed by atoms with Gasteiger partial charge in [0.15, 0.2) is 0 Å². The molecule has 2 heterocycles. The van der Waals surface area contributed by atoms with Gasteiger partial charge in [0.05, 0.1) is 12.7 Å². The van der Waals surface area contributed by atoms with E-state index in [9.17, 15) is 0 Å². The molecular weight excluding hydrogens is 228 g/mol.